The summed E-state index contributed by atoms with van der Waals surface area (Å²) in [5.41, 5.74) is 2.39. The molecule has 3 rings (SSSR count). The van der Waals surface area contributed by atoms with Crippen molar-refractivity contribution in [3.63, 3.8) is 0 Å². The lowest BCUT2D eigenvalue weighted by atomic mass is 10.0. The van der Waals surface area contributed by atoms with Gasteiger partial charge in [-0.25, -0.2) is 0 Å². The number of phenolic OH excluding ortho intramolecular Hbond substituents is 1. The summed E-state index contributed by atoms with van der Waals surface area (Å²) in [5.74, 6) is 1.28. The highest BCUT2D eigenvalue weighted by atomic mass is 16.5. The SMILES string of the molecule is CCC(c1ccc(O)cc1)N1CCCOc2ccccc21. The van der Waals surface area contributed by atoms with Gasteiger partial charge in [0.05, 0.1) is 18.3 Å². The molecule has 0 aliphatic carbocycles. The maximum atomic E-state index is 9.49. The predicted molar refractivity (Wildman–Crippen MR) is 85.0 cm³/mol. The third kappa shape index (κ3) is 2.82. The van der Waals surface area contributed by atoms with Crippen LogP contribution < -0.4 is 9.64 Å². The minimum atomic E-state index is 0.299. The number of nitrogens with zero attached hydrogens (tertiary/aromatic N) is 1. The first-order valence-electron chi connectivity index (χ1n) is 7.57. The van der Waals surface area contributed by atoms with Gasteiger partial charge in [-0.1, -0.05) is 31.2 Å². The molecule has 1 N–H and O–H groups in total. The first-order chi connectivity index (χ1) is 10.3. The Kier molecular flexibility index (Phi) is 4.00. The third-order valence-electron chi connectivity index (χ3n) is 4.02. The van der Waals surface area contributed by atoms with E-state index in [0.29, 0.717) is 11.8 Å². The van der Waals surface area contributed by atoms with E-state index in [1.165, 1.54) is 5.56 Å². The average molecular weight is 283 g/mol. The van der Waals surface area contributed by atoms with Gasteiger partial charge in [0.15, 0.2) is 0 Å². The van der Waals surface area contributed by atoms with E-state index in [1.807, 2.05) is 24.3 Å². The van der Waals surface area contributed by atoms with Crippen molar-refractivity contribution in [3.05, 3.63) is 54.1 Å². The van der Waals surface area contributed by atoms with Crippen LogP contribution in [0.3, 0.4) is 0 Å². The van der Waals surface area contributed by atoms with Gasteiger partial charge in [0.25, 0.3) is 0 Å². The van der Waals surface area contributed by atoms with E-state index in [4.69, 9.17) is 4.74 Å². The van der Waals surface area contributed by atoms with Crippen LogP contribution in [0.5, 0.6) is 11.5 Å². The number of phenols is 1. The Morgan fingerprint density at radius 1 is 1.14 bits per heavy atom. The smallest absolute Gasteiger partial charge is 0.142 e. The van der Waals surface area contributed by atoms with Gasteiger partial charge in [0.1, 0.15) is 11.5 Å². The number of ether oxygens (including phenoxy) is 1. The first-order valence-corrected chi connectivity index (χ1v) is 7.57. The molecule has 0 fully saturated rings. The van der Waals surface area contributed by atoms with E-state index >= 15 is 0 Å². The maximum absolute atomic E-state index is 9.49. The molecule has 3 nitrogen and oxygen atoms in total. The summed E-state index contributed by atoms with van der Waals surface area (Å²) in [6.45, 7) is 3.95. The minimum Gasteiger partial charge on any atom is -0.508 e. The molecular weight excluding hydrogens is 262 g/mol. The summed E-state index contributed by atoms with van der Waals surface area (Å²) >= 11 is 0. The topological polar surface area (TPSA) is 32.7 Å². The molecule has 3 heteroatoms. The number of hydrogen-bond acceptors (Lipinski definition) is 3. The second kappa shape index (κ2) is 6.08. The molecule has 1 aliphatic heterocycles. The first kappa shape index (κ1) is 13.8. The van der Waals surface area contributed by atoms with Crippen LogP contribution in [-0.4, -0.2) is 18.3 Å². The molecule has 2 aromatic rings. The zero-order valence-electron chi connectivity index (χ0n) is 12.3. The summed E-state index contributed by atoms with van der Waals surface area (Å²) in [6, 6.07) is 16.1. The average Bonchev–Trinajstić information content (AvgIpc) is 2.73. The molecule has 21 heavy (non-hydrogen) atoms. The fourth-order valence-electron chi connectivity index (χ4n) is 3.01. The molecule has 2 aromatic carbocycles. The normalized spacial score (nSPS) is 15.8. The molecule has 0 saturated heterocycles. The molecule has 0 amide bonds. The van der Waals surface area contributed by atoms with Crippen LogP contribution in [-0.2, 0) is 0 Å². The lowest BCUT2D eigenvalue weighted by Gasteiger charge is -2.33. The highest BCUT2D eigenvalue weighted by Crippen LogP contribution is 2.37. The Hall–Kier alpha value is -2.16. The molecule has 1 atom stereocenters. The predicted octanol–water partition coefficient (Wildman–Crippen LogP) is 4.13. The fourth-order valence-corrected chi connectivity index (χ4v) is 3.01. The number of fused-ring (bicyclic) bond motifs is 1. The van der Waals surface area contributed by atoms with E-state index in [-0.39, 0.29) is 0 Å². The Labute approximate surface area is 125 Å². The lowest BCUT2D eigenvalue weighted by molar-refractivity contribution is 0.322. The number of para-hydroxylation sites is 2. The van der Waals surface area contributed by atoms with Gasteiger partial charge in [-0.05, 0) is 42.7 Å². The summed E-state index contributed by atoms with van der Waals surface area (Å²) in [6.07, 6.45) is 2.03. The molecule has 0 bridgehead atoms. The highest BCUT2D eigenvalue weighted by Gasteiger charge is 2.23. The van der Waals surface area contributed by atoms with Crippen LogP contribution in [0, 0.1) is 0 Å². The highest BCUT2D eigenvalue weighted by molar-refractivity contribution is 5.60. The largest absolute Gasteiger partial charge is 0.508 e. The molecular formula is C18H21NO2. The Morgan fingerprint density at radius 2 is 1.90 bits per heavy atom. The van der Waals surface area contributed by atoms with Crippen LogP contribution >= 0.6 is 0 Å². The fraction of sp³-hybridized carbons (Fsp3) is 0.333. The van der Waals surface area contributed by atoms with Gasteiger partial charge in [-0.2, -0.15) is 0 Å². The standard InChI is InChI=1S/C18H21NO2/c1-2-16(14-8-10-15(20)11-9-14)19-12-5-13-21-18-7-4-3-6-17(18)19/h3-4,6-11,16,20H,2,5,12-13H2,1H3. The molecule has 1 aliphatic rings. The van der Waals surface area contributed by atoms with Crippen LogP contribution in [0.1, 0.15) is 31.4 Å². The molecule has 110 valence electrons. The second-order valence-corrected chi connectivity index (χ2v) is 5.38. The van der Waals surface area contributed by atoms with Gasteiger partial charge in [0.2, 0.25) is 0 Å². The summed E-state index contributed by atoms with van der Waals surface area (Å²) in [7, 11) is 0. The van der Waals surface area contributed by atoms with E-state index in [0.717, 1.165) is 37.4 Å². The molecule has 0 spiro atoms. The Morgan fingerprint density at radius 3 is 2.67 bits per heavy atom. The molecule has 0 aromatic heterocycles. The summed E-state index contributed by atoms with van der Waals surface area (Å²) in [5, 5.41) is 9.49. The zero-order valence-corrected chi connectivity index (χ0v) is 12.3. The zero-order chi connectivity index (χ0) is 14.7. The number of aromatic hydroxyl groups is 1. The van der Waals surface area contributed by atoms with Crippen LogP contribution in [0.25, 0.3) is 0 Å². The van der Waals surface area contributed by atoms with Crippen molar-refractivity contribution in [1.82, 2.24) is 0 Å². The van der Waals surface area contributed by atoms with E-state index in [9.17, 15) is 5.11 Å². The quantitative estimate of drug-likeness (QED) is 0.919. The van der Waals surface area contributed by atoms with Crippen molar-refractivity contribution in [2.75, 3.05) is 18.1 Å². The number of anilines is 1. The summed E-state index contributed by atoms with van der Waals surface area (Å²) in [4.78, 5) is 2.43. The van der Waals surface area contributed by atoms with Gasteiger partial charge in [-0.15, -0.1) is 0 Å². The Balaban J connectivity index is 1.98. The molecule has 1 unspecified atom stereocenters. The lowest BCUT2D eigenvalue weighted by Crippen LogP contribution is -2.29. The van der Waals surface area contributed by atoms with Gasteiger partial charge in [0, 0.05) is 6.54 Å². The van der Waals surface area contributed by atoms with Gasteiger partial charge in [-0.3, -0.25) is 0 Å². The van der Waals surface area contributed by atoms with E-state index in [1.54, 1.807) is 12.1 Å². The molecule has 1 heterocycles. The van der Waals surface area contributed by atoms with Gasteiger partial charge >= 0.3 is 0 Å². The van der Waals surface area contributed by atoms with Gasteiger partial charge < -0.3 is 14.7 Å². The van der Waals surface area contributed by atoms with Crippen LogP contribution in [0.15, 0.2) is 48.5 Å². The van der Waals surface area contributed by atoms with Crippen molar-refractivity contribution in [3.8, 4) is 11.5 Å². The summed E-state index contributed by atoms with van der Waals surface area (Å²) < 4.78 is 5.85. The monoisotopic (exact) mass is 283 g/mol. The van der Waals surface area contributed by atoms with Crippen molar-refractivity contribution in [2.45, 2.75) is 25.8 Å². The Bertz CT molecular complexity index is 594. The minimum absolute atomic E-state index is 0.299. The molecule has 0 radical (unpaired) electrons. The molecule has 0 saturated carbocycles. The van der Waals surface area contributed by atoms with Crippen molar-refractivity contribution in [2.24, 2.45) is 0 Å². The van der Waals surface area contributed by atoms with E-state index < -0.39 is 0 Å². The van der Waals surface area contributed by atoms with E-state index in [2.05, 4.69) is 24.0 Å². The van der Waals surface area contributed by atoms with Crippen molar-refractivity contribution < 1.29 is 9.84 Å². The van der Waals surface area contributed by atoms with Crippen molar-refractivity contribution in [1.29, 1.82) is 0 Å². The number of rotatable bonds is 3. The van der Waals surface area contributed by atoms with Crippen LogP contribution in [0.2, 0.25) is 0 Å². The third-order valence-corrected chi connectivity index (χ3v) is 4.02. The van der Waals surface area contributed by atoms with Crippen LogP contribution in [0.4, 0.5) is 5.69 Å². The number of hydrogen-bond donors (Lipinski definition) is 1. The number of benzene rings is 2. The second-order valence-electron chi connectivity index (χ2n) is 5.38. The van der Waals surface area contributed by atoms with Crippen molar-refractivity contribution >= 4 is 5.69 Å². The maximum Gasteiger partial charge on any atom is 0.142 e.